The SMILES string of the molecule is CCOc1ccc(-c2ncccc2C)cc1. The predicted molar refractivity (Wildman–Crippen MR) is 65.6 cm³/mol. The summed E-state index contributed by atoms with van der Waals surface area (Å²) in [6.45, 7) is 4.75. The van der Waals surface area contributed by atoms with Crippen molar-refractivity contribution in [2.45, 2.75) is 13.8 Å². The van der Waals surface area contributed by atoms with Gasteiger partial charge in [-0.2, -0.15) is 0 Å². The summed E-state index contributed by atoms with van der Waals surface area (Å²) < 4.78 is 5.41. The summed E-state index contributed by atoms with van der Waals surface area (Å²) in [5, 5.41) is 0. The third-order valence-corrected chi connectivity index (χ3v) is 2.45. The smallest absolute Gasteiger partial charge is 0.119 e. The number of hydrogen-bond acceptors (Lipinski definition) is 2. The molecule has 2 nitrogen and oxygen atoms in total. The molecule has 0 N–H and O–H groups in total. The molecule has 0 saturated heterocycles. The van der Waals surface area contributed by atoms with Gasteiger partial charge in [0.15, 0.2) is 0 Å². The van der Waals surface area contributed by atoms with Crippen LogP contribution in [0, 0.1) is 6.92 Å². The lowest BCUT2D eigenvalue weighted by Crippen LogP contribution is -1.91. The second kappa shape index (κ2) is 4.79. The van der Waals surface area contributed by atoms with Crippen LogP contribution in [0.1, 0.15) is 12.5 Å². The highest BCUT2D eigenvalue weighted by atomic mass is 16.5. The molecule has 0 spiro atoms. The Hall–Kier alpha value is -1.83. The summed E-state index contributed by atoms with van der Waals surface area (Å²) in [6.07, 6.45) is 1.82. The fraction of sp³-hybridized carbons (Fsp3) is 0.214. The lowest BCUT2D eigenvalue weighted by Gasteiger charge is -2.06. The van der Waals surface area contributed by atoms with E-state index in [1.807, 2.05) is 43.5 Å². The summed E-state index contributed by atoms with van der Waals surface area (Å²) in [5.74, 6) is 0.903. The molecular formula is C14H15NO. The van der Waals surface area contributed by atoms with Crippen LogP contribution in [-0.2, 0) is 0 Å². The molecule has 1 aromatic carbocycles. The minimum absolute atomic E-state index is 0.696. The van der Waals surface area contributed by atoms with Gasteiger partial charge in [-0.3, -0.25) is 4.98 Å². The topological polar surface area (TPSA) is 22.1 Å². The molecule has 0 saturated carbocycles. The van der Waals surface area contributed by atoms with Gasteiger partial charge in [-0.15, -0.1) is 0 Å². The fourth-order valence-electron chi connectivity index (χ4n) is 1.66. The molecule has 82 valence electrons. The Labute approximate surface area is 95.9 Å². The van der Waals surface area contributed by atoms with Crippen molar-refractivity contribution >= 4 is 0 Å². The lowest BCUT2D eigenvalue weighted by molar-refractivity contribution is 0.340. The quantitative estimate of drug-likeness (QED) is 0.779. The normalized spacial score (nSPS) is 10.1. The maximum Gasteiger partial charge on any atom is 0.119 e. The molecule has 0 aliphatic heterocycles. The molecule has 2 rings (SSSR count). The maximum absolute atomic E-state index is 5.41. The summed E-state index contributed by atoms with van der Waals surface area (Å²) >= 11 is 0. The number of aromatic nitrogens is 1. The van der Waals surface area contributed by atoms with Gasteiger partial charge in [0.2, 0.25) is 0 Å². The molecule has 0 amide bonds. The van der Waals surface area contributed by atoms with Gasteiger partial charge < -0.3 is 4.74 Å². The van der Waals surface area contributed by atoms with Crippen LogP contribution in [0.2, 0.25) is 0 Å². The molecule has 2 heteroatoms. The van der Waals surface area contributed by atoms with Gasteiger partial charge in [0.05, 0.1) is 12.3 Å². The van der Waals surface area contributed by atoms with Gasteiger partial charge in [0, 0.05) is 11.8 Å². The summed E-state index contributed by atoms with van der Waals surface area (Å²) in [4.78, 5) is 4.38. The van der Waals surface area contributed by atoms with E-state index in [4.69, 9.17) is 4.74 Å². The number of nitrogens with zero attached hydrogens (tertiary/aromatic N) is 1. The Morgan fingerprint density at radius 3 is 2.50 bits per heavy atom. The monoisotopic (exact) mass is 213 g/mol. The van der Waals surface area contributed by atoms with Crippen LogP contribution in [-0.4, -0.2) is 11.6 Å². The Bertz CT molecular complexity index is 462. The van der Waals surface area contributed by atoms with Crippen molar-refractivity contribution in [3.63, 3.8) is 0 Å². The van der Waals surface area contributed by atoms with Crippen molar-refractivity contribution in [3.8, 4) is 17.0 Å². The first kappa shape index (κ1) is 10.7. The summed E-state index contributed by atoms with van der Waals surface area (Å²) in [5.41, 5.74) is 3.35. The third kappa shape index (κ3) is 2.22. The van der Waals surface area contributed by atoms with Crippen molar-refractivity contribution in [2.24, 2.45) is 0 Å². The zero-order valence-electron chi connectivity index (χ0n) is 9.60. The van der Waals surface area contributed by atoms with Crippen molar-refractivity contribution in [3.05, 3.63) is 48.2 Å². The molecule has 1 heterocycles. The molecule has 16 heavy (non-hydrogen) atoms. The molecule has 0 aliphatic rings. The highest BCUT2D eigenvalue weighted by molar-refractivity contribution is 5.63. The summed E-state index contributed by atoms with van der Waals surface area (Å²) in [6, 6.07) is 12.1. The van der Waals surface area contributed by atoms with E-state index in [9.17, 15) is 0 Å². The largest absolute Gasteiger partial charge is 0.494 e. The minimum Gasteiger partial charge on any atom is -0.494 e. The first-order valence-electron chi connectivity index (χ1n) is 5.46. The van der Waals surface area contributed by atoms with E-state index in [0.717, 1.165) is 17.0 Å². The second-order valence-electron chi connectivity index (χ2n) is 3.63. The zero-order chi connectivity index (χ0) is 11.4. The molecule has 0 atom stereocenters. The molecule has 0 fully saturated rings. The van der Waals surface area contributed by atoms with Crippen molar-refractivity contribution < 1.29 is 4.74 Å². The van der Waals surface area contributed by atoms with Crippen LogP contribution in [0.15, 0.2) is 42.6 Å². The van der Waals surface area contributed by atoms with E-state index in [-0.39, 0.29) is 0 Å². The van der Waals surface area contributed by atoms with Gasteiger partial charge in [0.25, 0.3) is 0 Å². The second-order valence-corrected chi connectivity index (χ2v) is 3.63. The molecule has 0 bridgehead atoms. The Balaban J connectivity index is 2.31. The average molecular weight is 213 g/mol. The first-order valence-corrected chi connectivity index (χ1v) is 5.46. The lowest BCUT2D eigenvalue weighted by atomic mass is 10.1. The fourth-order valence-corrected chi connectivity index (χ4v) is 1.66. The van der Waals surface area contributed by atoms with E-state index in [1.54, 1.807) is 0 Å². The molecular weight excluding hydrogens is 198 g/mol. The standard InChI is InChI=1S/C14H15NO/c1-3-16-13-8-6-12(7-9-13)14-11(2)5-4-10-15-14/h4-10H,3H2,1-2H3. The highest BCUT2D eigenvalue weighted by Crippen LogP contribution is 2.22. The molecule has 0 aliphatic carbocycles. The number of pyridine rings is 1. The van der Waals surface area contributed by atoms with E-state index >= 15 is 0 Å². The highest BCUT2D eigenvalue weighted by Gasteiger charge is 2.02. The Morgan fingerprint density at radius 2 is 1.88 bits per heavy atom. The number of rotatable bonds is 3. The van der Waals surface area contributed by atoms with Crippen LogP contribution in [0.5, 0.6) is 5.75 Å². The zero-order valence-corrected chi connectivity index (χ0v) is 9.60. The third-order valence-electron chi connectivity index (χ3n) is 2.45. The number of aryl methyl sites for hydroxylation is 1. The molecule has 2 aromatic rings. The molecule has 1 aromatic heterocycles. The Kier molecular flexibility index (Phi) is 3.20. The van der Waals surface area contributed by atoms with Crippen molar-refractivity contribution in [1.29, 1.82) is 0 Å². The molecule has 0 radical (unpaired) electrons. The van der Waals surface area contributed by atoms with Crippen molar-refractivity contribution in [1.82, 2.24) is 4.98 Å². The summed E-state index contributed by atoms with van der Waals surface area (Å²) in [7, 11) is 0. The minimum atomic E-state index is 0.696. The van der Waals surface area contributed by atoms with Crippen LogP contribution < -0.4 is 4.74 Å². The van der Waals surface area contributed by atoms with Gasteiger partial charge in [-0.1, -0.05) is 6.07 Å². The van der Waals surface area contributed by atoms with Gasteiger partial charge in [-0.05, 0) is 49.7 Å². The molecule has 0 unspecified atom stereocenters. The van der Waals surface area contributed by atoms with E-state index < -0.39 is 0 Å². The van der Waals surface area contributed by atoms with Gasteiger partial charge >= 0.3 is 0 Å². The number of ether oxygens (including phenoxy) is 1. The van der Waals surface area contributed by atoms with Crippen molar-refractivity contribution in [2.75, 3.05) is 6.61 Å². The van der Waals surface area contributed by atoms with Gasteiger partial charge in [-0.25, -0.2) is 0 Å². The van der Waals surface area contributed by atoms with Gasteiger partial charge in [0.1, 0.15) is 5.75 Å². The first-order chi connectivity index (χ1) is 7.81. The van der Waals surface area contributed by atoms with E-state index in [1.165, 1.54) is 5.56 Å². The average Bonchev–Trinajstić information content (AvgIpc) is 2.31. The van der Waals surface area contributed by atoms with Crippen LogP contribution in [0.4, 0.5) is 0 Å². The number of benzene rings is 1. The van der Waals surface area contributed by atoms with Crippen LogP contribution >= 0.6 is 0 Å². The Morgan fingerprint density at radius 1 is 1.12 bits per heavy atom. The van der Waals surface area contributed by atoms with E-state index in [0.29, 0.717) is 6.61 Å². The number of hydrogen-bond donors (Lipinski definition) is 0. The van der Waals surface area contributed by atoms with Crippen LogP contribution in [0.25, 0.3) is 11.3 Å². The van der Waals surface area contributed by atoms with Crippen LogP contribution in [0.3, 0.4) is 0 Å². The van der Waals surface area contributed by atoms with E-state index in [2.05, 4.69) is 18.0 Å². The maximum atomic E-state index is 5.41. The predicted octanol–water partition coefficient (Wildman–Crippen LogP) is 3.46.